The third-order valence-corrected chi connectivity index (χ3v) is 5.60. The summed E-state index contributed by atoms with van der Waals surface area (Å²) < 4.78 is 0.879. The molecule has 0 unspecified atom stereocenters. The Balaban J connectivity index is 1.67. The minimum absolute atomic E-state index is 0.0890. The number of hydrogen-bond donors (Lipinski definition) is 2. The van der Waals surface area contributed by atoms with E-state index in [-0.39, 0.29) is 12.2 Å². The number of hydrogen-bond acceptors (Lipinski definition) is 5. The lowest BCUT2D eigenvalue weighted by Crippen LogP contribution is -2.32. The number of carbonyl (C=O) groups is 2. The second-order valence-electron chi connectivity index (χ2n) is 5.68. The van der Waals surface area contributed by atoms with Gasteiger partial charge in [-0.2, -0.15) is 0 Å². The molecular formula is C18H14ClN3O4S. The molecule has 2 aromatic carbocycles. The van der Waals surface area contributed by atoms with Crippen molar-refractivity contribution in [3.63, 3.8) is 0 Å². The number of thiophene rings is 1. The van der Waals surface area contributed by atoms with Gasteiger partial charge in [0.1, 0.15) is 4.88 Å². The number of rotatable bonds is 5. The molecule has 0 aliphatic rings. The standard InChI is InChI=1S/C18H14ClN3O4S/c1-10-12(6-4-7-13(10)22(25)26)21-15(23)9-20-18(24)17-16(19)11-5-2-3-8-14(11)27-17/h2-8H,9H2,1H3,(H,20,24)(H,21,23). The van der Waals surface area contributed by atoms with Crippen LogP contribution in [0.2, 0.25) is 5.02 Å². The molecule has 0 saturated heterocycles. The smallest absolute Gasteiger partial charge is 0.274 e. The van der Waals surface area contributed by atoms with Crippen molar-refractivity contribution in [2.24, 2.45) is 0 Å². The van der Waals surface area contributed by atoms with Crippen LogP contribution in [0.4, 0.5) is 11.4 Å². The number of nitro benzene ring substituents is 1. The lowest BCUT2D eigenvalue weighted by molar-refractivity contribution is -0.385. The van der Waals surface area contributed by atoms with Crippen LogP contribution in [-0.2, 0) is 4.79 Å². The molecule has 0 saturated carbocycles. The van der Waals surface area contributed by atoms with Gasteiger partial charge in [0.2, 0.25) is 5.91 Å². The average Bonchev–Trinajstić information content (AvgIpc) is 2.98. The molecule has 27 heavy (non-hydrogen) atoms. The number of nitro groups is 1. The van der Waals surface area contributed by atoms with Gasteiger partial charge < -0.3 is 10.6 Å². The normalized spacial score (nSPS) is 10.6. The van der Waals surface area contributed by atoms with E-state index < -0.39 is 16.7 Å². The number of anilines is 1. The quantitative estimate of drug-likeness (QED) is 0.493. The van der Waals surface area contributed by atoms with Crippen molar-refractivity contribution in [2.45, 2.75) is 6.92 Å². The van der Waals surface area contributed by atoms with E-state index in [1.807, 2.05) is 24.3 Å². The van der Waals surface area contributed by atoms with Crippen LogP contribution in [0, 0.1) is 17.0 Å². The third kappa shape index (κ3) is 3.91. The first kappa shape index (κ1) is 18.8. The van der Waals surface area contributed by atoms with E-state index in [4.69, 9.17) is 11.6 Å². The Morgan fingerprint density at radius 2 is 1.93 bits per heavy atom. The van der Waals surface area contributed by atoms with Gasteiger partial charge in [-0.1, -0.05) is 35.9 Å². The second-order valence-corrected chi connectivity index (χ2v) is 7.11. The molecule has 0 fully saturated rings. The van der Waals surface area contributed by atoms with Crippen molar-refractivity contribution in [1.82, 2.24) is 5.32 Å². The van der Waals surface area contributed by atoms with Gasteiger partial charge in [0.25, 0.3) is 11.6 Å². The first-order valence-electron chi connectivity index (χ1n) is 7.87. The summed E-state index contributed by atoms with van der Waals surface area (Å²) >= 11 is 7.49. The van der Waals surface area contributed by atoms with E-state index in [1.165, 1.54) is 23.5 Å². The fourth-order valence-corrected chi connectivity index (χ4v) is 3.99. The fourth-order valence-electron chi connectivity index (χ4n) is 2.55. The van der Waals surface area contributed by atoms with Crippen molar-refractivity contribution in [2.75, 3.05) is 11.9 Å². The van der Waals surface area contributed by atoms with Crippen LogP contribution in [0.3, 0.4) is 0 Å². The maximum atomic E-state index is 12.3. The number of fused-ring (bicyclic) bond motifs is 1. The summed E-state index contributed by atoms with van der Waals surface area (Å²) in [7, 11) is 0. The highest BCUT2D eigenvalue weighted by molar-refractivity contribution is 7.21. The molecule has 2 N–H and O–H groups in total. The summed E-state index contributed by atoms with van der Waals surface area (Å²) in [6.45, 7) is 1.26. The van der Waals surface area contributed by atoms with E-state index in [0.29, 0.717) is 21.2 Å². The van der Waals surface area contributed by atoms with Crippen molar-refractivity contribution >= 4 is 56.2 Å². The van der Waals surface area contributed by atoms with Crippen LogP contribution in [0.15, 0.2) is 42.5 Å². The van der Waals surface area contributed by atoms with Gasteiger partial charge in [0.15, 0.2) is 0 Å². The Hall–Kier alpha value is -2.97. The molecule has 0 atom stereocenters. The number of amides is 2. The molecule has 7 nitrogen and oxygen atoms in total. The Labute approximate surface area is 163 Å². The maximum absolute atomic E-state index is 12.3. The van der Waals surface area contributed by atoms with Crippen molar-refractivity contribution in [1.29, 1.82) is 0 Å². The zero-order valence-corrected chi connectivity index (χ0v) is 15.7. The highest BCUT2D eigenvalue weighted by Crippen LogP contribution is 2.34. The summed E-state index contributed by atoms with van der Waals surface area (Å²) in [6.07, 6.45) is 0. The monoisotopic (exact) mass is 403 g/mol. The molecular weight excluding hydrogens is 390 g/mol. The molecule has 3 aromatic rings. The number of halogens is 1. The number of nitrogens with zero attached hydrogens (tertiary/aromatic N) is 1. The zero-order valence-electron chi connectivity index (χ0n) is 14.1. The molecule has 0 radical (unpaired) electrons. The van der Waals surface area contributed by atoms with Gasteiger partial charge in [0, 0.05) is 16.2 Å². The summed E-state index contributed by atoms with van der Waals surface area (Å²) in [5, 5.41) is 17.2. The second kappa shape index (κ2) is 7.73. The highest BCUT2D eigenvalue weighted by Gasteiger charge is 2.18. The van der Waals surface area contributed by atoms with Crippen molar-refractivity contribution in [3.05, 3.63) is 68.0 Å². The highest BCUT2D eigenvalue weighted by atomic mass is 35.5. The summed E-state index contributed by atoms with van der Waals surface area (Å²) in [5.74, 6) is -0.948. The Bertz CT molecular complexity index is 1060. The molecule has 3 rings (SSSR count). The van der Waals surface area contributed by atoms with Crippen molar-refractivity contribution < 1.29 is 14.5 Å². The van der Waals surface area contributed by atoms with Gasteiger partial charge in [-0.05, 0) is 19.1 Å². The number of nitrogens with one attached hydrogen (secondary N) is 2. The fraction of sp³-hybridized carbons (Fsp3) is 0.111. The SMILES string of the molecule is Cc1c(NC(=O)CNC(=O)c2sc3ccccc3c2Cl)cccc1[N+](=O)[O-]. The molecule has 1 aromatic heterocycles. The first-order valence-corrected chi connectivity index (χ1v) is 9.07. The Kier molecular flexibility index (Phi) is 5.38. The molecule has 0 spiro atoms. The first-order chi connectivity index (χ1) is 12.9. The van der Waals surface area contributed by atoms with Gasteiger partial charge in [-0.3, -0.25) is 19.7 Å². The van der Waals surface area contributed by atoms with Crippen LogP contribution in [-0.4, -0.2) is 23.3 Å². The Morgan fingerprint density at radius 1 is 1.19 bits per heavy atom. The van der Waals surface area contributed by atoms with E-state index in [1.54, 1.807) is 13.0 Å². The van der Waals surface area contributed by atoms with Gasteiger partial charge in [-0.25, -0.2) is 0 Å². The molecule has 138 valence electrons. The van der Waals surface area contributed by atoms with Crippen LogP contribution in [0.1, 0.15) is 15.2 Å². The molecule has 0 bridgehead atoms. The molecule has 0 aliphatic carbocycles. The van der Waals surface area contributed by atoms with Crippen LogP contribution in [0.5, 0.6) is 0 Å². The van der Waals surface area contributed by atoms with Gasteiger partial charge >= 0.3 is 0 Å². The van der Waals surface area contributed by atoms with Gasteiger partial charge in [0.05, 0.1) is 27.7 Å². The van der Waals surface area contributed by atoms with Crippen molar-refractivity contribution in [3.8, 4) is 0 Å². The van der Waals surface area contributed by atoms with E-state index >= 15 is 0 Å². The van der Waals surface area contributed by atoms with E-state index in [2.05, 4.69) is 10.6 Å². The van der Waals surface area contributed by atoms with Crippen LogP contribution in [0.25, 0.3) is 10.1 Å². The van der Waals surface area contributed by atoms with Crippen LogP contribution < -0.4 is 10.6 Å². The van der Waals surface area contributed by atoms with Gasteiger partial charge in [-0.15, -0.1) is 11.3 Å². The zero-order chi connectivity index (χ0) is 19.6. The number of benzene rings is 2. The minimum Gasteiger partial charge on any atom is -0.342 e. The molecule has 9 heteroatoms. The third-order valence-electron chi connectivity index (χ3n) is 3.93. The maximum Gasteiger partial charge on any atom is 0.274 e. The van der Waals surface area contributed by atoms with Crippen LogP contribution >= 0.6 is 22.9 Å². The molecule has 0 aliphatic heterocycles. The summed E-state index contributed by atoms with van der Waals surface area (Å²) in [5.41, 5.74) is 0.576. The van der Waals surface area contributed by atoms with E-state index in [9.17, 15) is 19.7 Å². The summed E-state index contributed by atoms with van der Waals surface area (Å²) in [6, 6.07) is 11.8. The Morgan fingerprint density at radius 3 is 2.63 bits per heavy atom. The average molecular weight is 404 g/mol. The lowest BCUT2D eigenvalue weighted by atomic mass is 10.1. The predicted molar refractivity (Wildman–Crippen MR) is 106 cm³/mol. The molecule has 1 heterocycles. The van der Waals surface area contributed by atoms with E-state index in [0.717, 1.165) is 10.1 Å². The predicted octanol–water partition coefficient (Wildman–Crippen LogP) is 4.14. The minimum atomic E-state index is -0.518. The summed E-state index contributed by atoms with van der Waals surface area (Å²) in [4.78, 5) is 35.2. The largest absolute Gasteiger partial charge is 0.342 e. The number of carbonyl (C=O) groups excluding carboxylic acids is 2. The molecule has 2 amide bonds. The topological polar surface area (TPSA) is 101 Å². The lowest BCUT2D eigenvalue weighted by Gasteiger charge is -2.09.